The summed E-state index contributed by atoms with van der Waals surface area (Å²) < 4.78 is 7.32. The van der Waals surface area contributed by atoms with Crippen molar-refractivity contribution < 1.29 is 9.21 Å². The number of nitrogens with one attached hydrogen (secondary N) is 1. The van der Waals surface area contributed by atoms with Crippen LogP contribution in [-0.4, -0.2) is 26.4 Å². The molecule has 0 aliphatic carbocycles. The summed E-state index contributed by atoms with van der Waals surface area (Å²) in [6.45, 7) is 4.31. The number of amides is 1. The SMILES string of the molecule is C=CCn1c(SCC(=O)Nc2ccccc2Sc2ccccc2)nnc1-c1ccco1. The van der Waals surface area contributed by atoms with Crippen molar-refractivity contribution in [2.24, 2.45) is 0 Å². The minimum Gasteiger partial charge on any atom is -0.461 e. The van der Waals surface area contributed by atoms with Gasteiger partial charge in [0.2, 0.25) is 11.7 Å². The fourth-order valence-electron chi connectivity index (χ4n) is 2.87. The van der Waals surface area contributed by atoms with Crippen molar-refractivity contribution in [2.75, 3.05) is 11.1 Å². The molecular weight excluding hydrogens is 428 g/mol. The first kappa shape index (κ1) is 21.0. The van der Waals surface area contributed by atoms with Crippen LogP contribution in [0.5, 0.6) is 0 Å². The van der Waals surface area contributed by atoms with Crippen molar-refractivity contribution in [1.29, 1.82) is 0 Å². The molecule has 0 aliphatic heterocycles. The number of para-hydroxylation sites is 1. The lowest BCUT2D eigenvalue weighted by atomic mass is 10.3. The molecule has 0 spiro atoms. The Morgan fingerprint density at radius 2 is 1.87 bits per heavy atom. The molecule has 4 aromatic rings. The summed E-state index contributed by atoms with van der Waals surface area (Å²) in [7, 11) is 0. The van der Waals surface area contributed by atoms with E-state index >= 15 is 0 Å². The molecule has 2 heterocycles. The summed E-state index contributed by atoms with van der Waals surface area (Å²) in [5.74, 6) is 1.33. The second-order valence-electron chi connectivity index (χ2n) is 6.43. The van der Waals surface area contributed by atoms with Gasteiger partial charge in [-0.2, -0.15) is 0 Å². The maximum Gasteiger partial charge on any atom is 0.234 e. The molecule has 1 N–H and O–H groups in total. The molecule has 6 nitrogen and oxygen atoms in total. The summed E-state index contributed by atoms with van der Waals surface area (Å²) in [6, 6.07) is 21.5. The number of nitrogens with zero attached hydrogens (tertiary/aromatic N) is 3. The van der Waals surface area contributed by atoms with Gasteiger partial charge in [0.15, 0.2) is 10.9 Å². The first-order valence-corrected chi connectivity index (χ1v) is 11.4. The molecule has 8 heteroatoms. The monoisotopic (exact) mass is 448 g/mol. The number of anilines is 1. The van der Waals surface area contributed by atoms with Gasteiger partial charge in [0.05, 0.1) is 17.7 Å². The van der Waals surface area contributed by atoms with Crippen molar-refractivity contribution in [3.63, 3.8) is 0 Å². The minimum atomic E-state index is -0.112. The van der Waals surface area contributed by atoms with E-state index in [9.17, 15) is 4.79 Å². The number of rotatable bonds is 9. The van der Waals surface area contributed by atoms with Crippen LogP contribution in [-0.2, 0) is 11.3 Å². The average molecular weight is 449 g/mol. The van der Waals surface area contributed by atoms with Crippen molar-refractivity contribution in [3.8, 4) is 11.6 Å². The van der Waals surface area contributed by atoms with Gasteiger partial charge in [0, 0.05) is 16.3 Å². The quantitative estimate of drug-likeness (QED) is 0.265. The molecule has 4 rings (SSSR count). The molecule has 2 aromatic heterocycles. The average Bonchev–Trinajstić information content (AvgIpc) is 3.45. The van der Waals surface area contributed by atoms with Crippen LogP contribution in [0.25, 0.3) is 11.6 Å². The molecule has 0 saturated carbocycles. The number of aromatic nitrogens is 3. The van der Waals surface area contributed by atoms with Crippen molar-refractivity contribution in [3.05, 3.63) is 85.6 Å². The number of carbonyl (C=O) groups excluding carboxylic acids is 1. The molecule has 0 aliphatic rings. The van der Waals surface area contributed by atoms with Crippen LogP contribution in [0.15, 0.2) is 105 Å². The third kappa shape index (κ3) is 5.28. The molecule has 0 fully saturated rings. The number of furan rings is 1. The minimum absolute atomic E-state index is 0.112. The number of carbonyl (C=O) groups is 1. The van der Waals surface area contributed by atoms with Gasteiger partial charge < -0.3 is 9.73 Å². The number of benzene rings is 2. The summed E-state index contributed by atoms with van der Waals surface area (Å²) in [4.78, 5) is 14.8. The summed E-state index contributed by atoms with van der Waals surface area (Å²) in [5, 5.41) is 12.1. The largest absolute Gasteiger partial charge is 0.461 e. The maximum absolute atomic E-state index is 12.7. The maximum atomic E-state index is 12.7. The van der Waals surface area contributed by atoms with E-state index < -0.39 is 0 Å². The zero-order valence-electron chi connectivity index (χ0n) is 16.6. The Morgan fingerprint density at radius 3 is 2.65 bits per heavy atom. The van der Waals surface area contributed by atoms with Crippen molar-refractivity contribution >= 4 is 35.1 Å². The first-order valence-electron chi connectivity index (χ1n) is 9.57. The molecular formula is C23H20N4O2S2. The third-order valence-corrected chi connectivity index (χ3v) is 6.29. The molecule has 1 amide bonds. The fraction of sp³-hybridized carbons (Fsp3) is 0.0870. The zero-order chi connectivity index (χ0) is 21.5. The van der Waals surface area contributed by atoms with E-state index in [2.05, 4.69) is 22.1 Å². The highest BCUT2D eigenvalue weighted by molar-refractivity contribution is 8.00. The van der Waals surface area contributed by atoms with Crippen LogP contribution < -0.4 is 5.32 Å². The van der Waals surface area contributed by atoms with Crippen molar-refractivity contribution in [2.45, 2.75) is 21.5 Å². The lowest BCUT2D eigenvalue weighted by Crippen LogP contribution is -2.15. The van der Waals surface area contributed by atoms with E-state index in [0.29, 0.717) is 23.3 Å². The molecule has 0 unspecified atom stereocenters. The standard InChI is InChI=1S/C23H20N4O2S2/c1-2-14-27-22(19-12-8-15-29-19)25-26-23(27)30-16-21(28)24-18-11-6-7-13-20(18)31-17-9-4-3-5-10-17/h2-13,15H,1,14,16H2,(H,24,28). The van der Waals surface area contributed by atoms with Crippen LogP contribution >= 0.6 is 23.5 Å². The van der Waals surface area contributed by atoms with Crippen LogP contribution in [0.4, 0.5) is 5.69 Å². The molecule has 156 valence electrons. The Balaban J connectivity index is 1.43. The topological polar surface area (TPSA) is 73.0 Å². The van der Waals surface area contributed by atoms with E-state index in [-0.39, 0.29) is 11.7 Å². The molecule has 31 heavy (non-hydrogen) atoms. The van der Waals surface area contributed by atoms with E-state index in [0.717, 1.165) is 15.5 Å². The van der Waals surface area contributed by atoms with Crippen LogP contribution in [0, 0.1) is 0 Å². The van der Waals surface area contributed by atoms with E-state index in [4.69, 9.17) is 4.42 Å². The lowest BCUT2D eigenvalue weighted by molar-refractivity contribution is -0.113. The van der Waals surface area contributed by atoms with Gasteiger partial charge in [0.1, 0.15) is 0 Å². The lowest BCUT2D eigenvalue weighted by Gasteiger charge is -2.11. The predicted molar refractivity (Wildman–Crippen MR) is 124 cm³/mol. The summed E-state index contributed by atoms with van der Waals surface area (Å²) in [5.41, 5.74) is 0.783. The molecule has 2 aromatic carbocycles. The van der Waals surface area contributed by atoms with Crippen LogP contribution in [0.1, 0.15) is 0 Å². The smallest absolute Gasteiger partial charge is 0.234 e. The third-order valence-electron chi connectivity index (χ3n) is 4.23. The zero-order valence-corrected chi connectivity index (χ0v) is 18.2. The number of hydrogen-bond donors (Lipinski definition) is 1. The van der Waals surface area contributed by atoms with Crippen LogP contribution in [0.3, 0.4) is 0 Å². The Bertz CT molecular complexity index is 1160. The van der Waals surface area contributed by atoms with Gasteiger partial charge in [-0.25, -0.2) is 0 Å². The Hall–Kier alpha value is -3.23. The predicted octanol–water partition coefficient (Wildman–Crippen LogP) is 5.61. The molecule has 0 bridgehead atoms. The second kappa shape index (κ2) is 10.2. The first-order chi connectivity index (χ1) is 15.2. The molecule has 0 atom stereocenters. The van der Waals surface area contributed by atoms with E-state index in [1.165, 1.54) is 11.8 Å². The second-order valence-corrected chi connectivity index (χ2v) is 8.49. The van der Waals surface area contributed by atoms with Gasteiger partial charge in [-0.3, -0.25) is 9.36 Å². The van der Waals surface area contributed by atoms with Gasteiger partial charge >= 0.3 is 0 Å². The highest BCUT2D eigenvalue weighted by atomic mass is 32.2. The van der Waals surface area contributed by atoms with Crippen molar-refractivity contribution in [1.82, 2.24) is 14.8 Å². The number of thioether (sulfide) groups is 1. The Kier molecular flexibility index (Phi) is 6.91. The number of allylic oxidation sites excluding steroid dienone is 1. The highest BCUT2D eigenvalue weighted by Gasteiger charge is 2.17. The van der Waals surface area contributed by atoms with Gasteiger partial charge in [-0.05, 0) is 36.4 Å². The molecule has 0 radical (unpaired) electrons. The van der Waals surface area contributed by atoms with Gasteiger partial charge in [0.25, 0.3) is 0 Å². The summed E-state index contributed by atoms with van der Waals surface area (Å²) >= 11 is 2.94. The highest BCUT2D eigenvalue weighted by Crippen LogP contribution is 2.33. The molecule has 0 saturated heterocycles. The Morgan fingerprint density at radius 1 is 1.06 bits per heavy atom. The number of hydrogen-bond acceptors (Lipinski definition) is 6. The van der Waals surface area contributed by atoms with E-state index in [1.807, 2.05) is 65.2 Å². The summed E-state index contributed by atoms with van der Waals surface area (Å²) in [6.07, 6.45) is 3.35. The normalized spacial score (nSPS) is 10.7. The van der Waals surface area contributed by atoms with Gasteiger partial charge in [-0.1, -0.05) is 59.9 Å². The van der Waals surface area contributed by atoms with Gasteiger partial charge in [-0.15, -0.1) is 16.8 Å². The van der Waals surface area contributed by atoms with E-state index in [1.54, 1.807) is 30.2 Å². The Labute approximate surface area is 188 Å². The fourth-order valence-corrected chi connectivity index (χ4v) is 4.54. The van der Waals surface area contributed by atoms with Crippen LogP contribution in [0.2, 0.25) is 0 Å².